The van der Waals surface area contributed by atoms with Gasteiger partial charge < -0.3 is 15.0 Å². The molecule has 1 aliphatic rings. The van der Waals surface area contributed by atoms with Crippen LogP contribution in [0.5, 0.6) is 0 Å². The minimum absolute atomic E-state index is 0.00293. The Hall–Kier alpha value is -1.26. The number of nitrogens with zero attached hydrogens (tertiary/aromatic N) is 1. The molecule has 1 fully saturated rings. The summed E-state index contributed by atoms with van der Waals surface area (Å²) in [4.78, 5) is 25.8. The van der Waals surface area contributed by atoms with Crippen LogP contribution in [0, 0.1) is 5.92 Å². The van der Waals surface area contributed by atoms with E-state index in [-0.39, 0.29) is 17.9 Å². The predicted molar refractivity (Wildman–Crippen MR) is 78.4 cm³/mol. The maximum atomic E-state index is 12.2. The van der Waals surface area contributed by atoms with Gasteiger partial charge in [0, 0.05) is 19.0 Å². The van der Waals surface area contributed by atoms with Crippen LogP contribution in [0.25, 0.3) is 0 Å². The molecule has 1 heterocycles. The molecular weight excluding hydrogens is 256 g/mol. The van der Waals surface area contributed by atoms with Crippen molar-refractivity contribution in [3.8, 4) is 0 Å². The zero-order valence-electron chi connectivity index (χ0n) is 13.4. The molecule has 5 nitrogen and oxygen atoms in total. The molecule has 1 aliphatic heterocycles. The molecule has 1 N–H and O–H groups in total. The van der Waals surface area contributed by atoms with Crippen LogP contribution in [-0.4, -0.2) is 41.6 Å². The third kappa shape index (κ3) is 5.02. The zero-order chi connectivity index (χ0) is 15.3. The molecule has 0 saturated carbocycles. The number of ether oxygens (including phenoxy) is 1. The molecule has 20 heavy (non-hydrogen) atoms. The lowest BCUT2D eigenvalue weighted by atomic mass is 10.0. The molecule has 1 saturated heterocycles. The predicted octanol–water partition coefficient (Wildman–Crippen LogP) is 2.55. The third-order valence-corrected chi connectivity index (χ3v) is 3.56. The summed E-state index contributed by atoms with van der Waals surface area (Å²) >= 11 is 0. The second-order valence-corrected chi connectivity index (χ2v) is 6.43. The summed E-state index contributed by atoms with van der Waals surface area (Å²) in [6, 6.07) is 0.00293. The van der Waals surface area contributed by atoms with E-state index < -0.39 is 11.7 Å². The number of carbonyl (C=O) groups excluding carboxylic acids is 2. The van der Waals surface area contributed by atoms with E-state index in [0.717, 1.165) is 25.8 Å². The van der Waals surface area contributed by atoms with E-state index in [2.05, 4.69) is 5.32 Å². The minimum atomic E-state index is -0.492. The van der Waals surface area contributed by atoms with Gasteiger partial charge in [-0.2, -0.15) is 0 Å². The number of hydrogen-bond acceptors (Lipinski definition) is 3. The maximum Gasteiger partial charge on any atom is 0.407 e. The Morgan fingerprint density at radius 2 is 1.90 bits per heavy atom. The number of hydrogen-bond donors (Lipinski definition) is 1. The number of amides is 2. The second kappa shape index (κ2) is 6.95. The fourth-order valence-corrected chi connectivity index (χ4v) is 2.45. The molecular formula is C15H28N2O3. The molecule has 0 aromatic carbocycles. The lowest BCUT2D eigenvalue weighted by molar-refractivity contribution is -0.134. The normalized spacial score (nSPS) is 19.3. The standard InChI is InChI=1S/C15H28N2O3/c1-6-11(7-2)13(18)17-9-8-12(10-17)16-14(19)20-15(3,4)5/h11-12H,6-10H2,1-5H3,(H,16,19). The molecule has 0 aromatic heterocycles. The SMILES string of the molecule is CCC(CC)C(=O)N1CCC(NC(=O)OC(C)(C)C)C1. The topological polar surface area (TPSA) is 58.6 Å². The van der Waals surface area contributed by atoms with Crippen molar-refractivity contribution in [3.63, 3.8) is 0 Å². The van der Waals surface area contributed by atoms with Crippen molar-refractivity contribution in [2.45, 2.75) is 65.5 Å². The van der Waals surface area contributed by atoms with Gasteiger partial charge in [-0.05, 0) is 40.0 Å². The van der Waals surface area contributed by atoms with Crippen molar-refractivity contribution < 1.29 is 14.3 Å². The van der Waals surface area contributed by atoms with Crippen molar-refractivity contribution in [2.24, 2.45) is 5.92 Å². The average Bonchev–Trinajstić information content (AvgIpc) is 2.76. The smallest absolute Gasteiger partial charge is 0.407 e. The summed E-state index contributed by atoms with van der Waals surface area (Å²) in [6.07, 6.45) is 2.14. The van der Waals surface area contributed by atoms with Crippen molar-refractivity contribution in [2.75, 3.05) is 13.1 Å². The van der Waals surface area contributed by atoms with Crippen LogP contribution in [0.1, 0.15) is 53.9 Å². The van der Waals surface area contributed by atoms with Gasteiger partial charge in [0.2, 0.25) is 5.91 Å². The highest BCUT2D eigenvalue weighted by Crippen LogP contribution is 2.17. The number of likely N-dealkylation sites (tertiary alicyclic amines) is 1. The Morgan fingerprint density at radius 1 is 1.30 bits per heavy atom. The van der Waals surface area contributed by atoms with E-state index in [0.29, 0.717) is 6.54 Å². The highest BCUT2D eigenvalue weighted by atomic mass is 16.6. The lowest BCUT2D eigenvalue weighted by Gasteiger charge is -2.23. The van der Waals surface area contributed by atoms with Gasteiger partial charge in [-0.25, -0.2) is 4.79 Å². The average molecular weight is 284 g/mol. The molecule has 5 heteroatoms. The second-order valence-electron chi connectivity index (χ2n) is 6.43. The van der Waals surface area contributed by atoms with E-state index in [9.17, 15) is 9.59 Å². The van der Waals surface area contributed by atoms with Crippen molar-refractivity contribution >= 4 is 12.0 Å². The largest absolute Gasteiger partial charge is 0.444 e. The van der Waals surface area contributed by atoms with E-state index in [1.165, 1.54) is 0 Å². The Labute approximate surface area is 122 Å². The molecule has 0 aromatic rings. The van der Waals surface area contributed by atoms with Gasteiger partial charge >= 0.3 is 6.09 Å². The first-order valence-electron chi connectivity index (χ1n) is 7.55. The highest BCUT2D eigenvalue weighted by molar-refractivity contribution is 5.79. The molecule has 1 rings (SSSR count). The molecule has 116 valence electrons. The molecule has 1 unspecified atom stereocenters. The highest BCUT2D eigenvalue weighted by Gasteiger charge is 2.31. The molecule has 0 bridgehead atoms. The van der Waals surface area contributed by atoms with Crippen LogP contribution >= 0.6 is 0 Å². The fraction of sp³-hybridized carbons (Fsp3) is 0.867. The van der Waals surface area contributed by atoms with Crippen LogP contribution in [0.4, 0.5) is 4.79 Å². The Bertz CT molecular complexity index is 346. The molecule has 0 spiro atoms. The lowest BCUT2D eigenvalue weighted by Crippen LogP contribution is -2.42. The number of nitrogens with one attached hydrogen (secondary N) is 1. The van der Waals surface area contributed by atoms with E-state index in [1.807, 2.05) is 39.5 Å². The van der Waals surface area contributed by atoms with E-state index in [1.54, 1.807) is 0 Å². The van der Waals surface area contributed by atoms with Gasteiger partial charge in [-0.15, -0.1) is 0 Å². The van der Waals surface area contributed by atoms with Gasteiger partial charge in [-0.3, -0.25) is 4.79 Å². The van der Waals surface area contributed by atoms with Crippen LogP contribution in [-0.2, 0) is 9.53 Å². The Balaban J connectivity index is 2.44. The maximum absolute atomic E-state index is 12.2. The number of carbonyl (C=O) groups is 2. The van der Waals surface area contributed by atoms with E-state index >= 15 is 0 Å². The summed E-state index contributed by atoms with van der Waals surface area (Å²) in [5.74, 6) is 0.318. The van der Waals surface area contributed by atoms with Gasteiger partial charge in [0.15, 0.2) is 0 Å². The molecule has 0 aliphatic carbocycles. The minimum Gasteiger partial charge on any atom is -0.444 e. The van der Waals surface area contributed by atoms with Crippen LogP contribution in [0.3, 0.4) is 0 Å². The summed E-state index contributed by atoms with van der Waals surface area (Å²) < 4.78 is 5.23. The Morgan fingerprint density at radius 3 is 2.40 bits per heavy atom. The van der Waals surface area contributed by atoms with E-state index in [4.69, 9.17) is 4.74 Å². The van der Waals surface area contributed by atoms with Crippen molar-refractivity contribution in [1.82, 2.24) is 10.2 Å². The van der Waals surface area contributed by atoms with Crippen LogP contribution in [0.2, 0.25) is 0 Å². The molecule has 0 radical (unpaired) electrons. The molecule has 1 atom stereocenters. The summed E-state index contributed by atoms with van der Waals surface area (Å²) in [7, 11) is 0. The van der Waals surface area contributed by atoms with Gasteiger partial charge in [-0.1, -0.05) is 13.8 Å². The summed E-state index contributed by atoms with van der Waals surface area (Å²) in [6.45, 7) is 10.9. The quantitative estimate of drug-likeness (QED) is 0.863. The fourth-order valence-electron chi connectivity index (χ4n) is 2.45. The van der Waals surface area contributed by atoms with Crippen LogP contribution in [0.15, 0.2) is 0 Å². The monoisotopic (exact) mass is 284 g/mol. The van der Waals surface area contributed by atoms with Crippen molar-refractivity contribution in [1.29, 1.82) is 0 Å². The Kier molecular flexibility index (Phi) is 5.84. The van der Waals surface area contributed by atoms with Crippen LogP contribution < -0.4 is 5.32 Å². The number of alkyl carbamates (subject to hydrolysis) is 1. The third-order valence-electron chi connectivity index (χ3n) is 3.56. The van der Waals surface area contributed by atoms with Gasteiger partial charge in [0.1, 0.15) is 5.60 Å². The van der Waals surface area contributed by atoms with Gasteiger partial charge in [0.05, 0.1) is 6.04 Å². The first-order chi connectivity index (χ1) is 9.26. The first-order valence-corrected chi connectivity index (χ1v) is 7.55. The molecule has 2 amide bonds. The summed E-state index contributed by atoms with van der Waals surface area (Å²) in [5.41, 5.74) is -0.492. The van der Waals surface area contributed by atoms with Crippen molar-refractivity contribution in [3.05, 3.63) is 0 Å². The first kappa shape index (κ1) is 16.8. The summed E-state index contributed by atoms with van der Waals surface area (Å²) in [5, 5.41) is 2.84. The zero-order valence-corrected chi connectivity index (χ0v) is 13.4. The van der Waals surface area contributed by atoms with Gasteiger partial charge in [0.25, 0.3) is 0 Å². The number of rotatable bonds is 4.